The lowest BCUT2D eigenvalue weighted by atomic mass is 10.1. The number of alkyl halides is 1. The Morgan fingerprint density at radius 1 is 1.20 bits per heavy atom. The maximum Gasteiger partial charge on any atom is 0.142 e. The van der Waals surface area contributed by atoms with Gasteiger partial charge in [0.05, 0.1) is 16.9 Å². The van der Waals surface area contributed by atoms with E-state index in [1.807, 2.05) is 18.2 Å². The molecule has 0 fully saturated rings. The minimum absolute atomic E-state index is 0.681. The zero-order valence-corrected chi connectivity index (χ0v) is 12.8. The minimum Gasteiger partial charge on any atom is -0.245 e. The van der Waals surface area contributed by atoms with Crippen molar-refractivity contribution in [2.45, 2.75) is 19.8 Å². The molecule has 1 aromatic carbocycles. The van der Waals surface area contributed by atoms with E-state index >= 15 is 0 Å². The standard InChI is InChI=1S/C16H15ClN2S/c1-11-9-15(19-14-7-3-2-6-13(11)14)16-18-12(10-20-16)5-4-8-17/h2-3,6-7,9-10H,4-5,8H2,1H3. The lowest BCUT2D eigenvalue weighted by molar-refractivity contribution is 0.899. The van der Waals surface area contributed by atoms with Crippen LogP contribution in [0.15, 0.2) is 35.7 Å². The predicted octanol–water partition coefficient (Wildman–Crippen LogP) is 4.84. The summed E-state index contributed by atoms with van der Waals surface area (Å²) in [6, 6.07) is 10.3. The van der Waals surface area contributed by atoms with Crippen molar-refractivity contribution >= 4 is 33.8 Å². The van der Waals surface area contributed by atoms with Crippen molar-refractivity contribution in [1.29, 1.82) is 0 Å². The number of benzene rings is 1. The van der Waals surface area contributed by atoms with Gasteiger partial charge in [0, 0.05) is 16.6 Å². The van der Waals surface area contributed by atoms with E-state index in [0.29, 0.717) is 5.88 Å². The number of hydrogen-bond acceptors (Lipinski definition) is 3. The van der Waals surface area contributed by atoms with Gasteiger partial charge in [-0.25, -0.2) is 9.97 Å². The van der Waals surface area contributed by atoms with E-state index in [1.54, 1.807) is 11.3 Å². The molecule has 0 aliphatic heterocycles. The molecule has 2 nitrogen and oxygen atoms in total. The molecule has 0 atom stereocenters. The Kier molecular flexibility index (Phi) is 3.99. The van der Waals surface area contributed by atoms with Gasteiger partial charge in [0.2, 0.25) is 0 Å². The van der Waals surface area contributed by atoms with Gasteiger partial charge in [0.1, 0.15) is 5.01 Å². The van der Waals surface area contributed by atoms with Crippen LogP contribution in [0, 0.1) is 6.92 Å². The van der Waals surface area contributed by atoms with E-state index in [4.69, 9.17) is 16.6 Å². The van der Waals surface area contributed by atoms with E-state index in [-0.39, 0.29) is 0 Å². The van der Waals surface area contributed by atoms with Gasteiger partial charge in [-0.3, -0.25) is 0 Å². The fraction of sp³-hybridized carbons (Fsp3) is 0.250. The summed E-state index contributed by atoms with van der Waals surface area (Å²) in [5.41, 5.74) is 4.34. The smallest absolute Gasteiger partial charge is 0.142 e. The number of rotatable bonds is 4. The number of hydrogen-bond donors (Lipinski definition) is 0. The van der Waals surface area contributed by atoms with E-state index in [0.717, 1.165) is 34.8 Å². The topological polar surface area (TPSA) is 25.8 Å². The Balaban J connectivity index is 1.99. The van der Waals surface area contributed by atoms with Crippen LogP contribution in [-0.2, 0) is 6.42 Å². The second-order valence-corrected chi connectivity index (χ2v) is 6.01. The van der Waals surface area contributed by atoms with Crippen LogP contribution in [-0.4, -0.2) is 15.8 Å². The minimum atomic E-state index is 0.681. The first kappa shape index (κ1) is 13.5. The quantitative estimate of drug-likeness (QED) is 0.645. The highest BCUT2D eigenvalue weighted by Crippen LogP contribution is 2.27. The number of nitrogens with zero attached hydrogens (tertiary/aromatic N) is 2. The van der Waals surface area contributed by atoms with Gasteiger partial charge in [0.15, 0.2) is 0 Å². The fourth-order valence-electron chi connectivity index (χ4n) is 2.25. The Hall–Kier alpha value is -1.45. The molecule has 0 bridgehead atoms. The molecule has 0 saturated heterocycles. The Labute approximate surface area is 127 Å². The van der Waals surface area contributed by atoms with Crippen LogP contribution in [0.1, 0.15) is 17.7 Å². The fourth-order valence-corrected chi connectivity index (χ4v) is 3.19. The molecule has 2 aromatic heterocycles. The number of fused-ring (bicyclic) bond motifs is 1. The van der Waals surface area contributed by atoms with Crippen molar-refractivity contribution in [2.24, 2.45) is 0 Å². The molecule has 20 heavy (non-hydrogen) atoms. The summed E-state index contributed by atoms with van der Waals surface area (Å²) in [6.45, 7) is 2.12. The Bertz CT molecular complexity index is 736. The van der Waals surface area contributed by atoms with E-state index in [2.05, 4.69) is 29.4 Å². The average Bonchev–Trinajstić information content (AvgIpc) is 2.94. The van der Waals surface area contributed by atoms with Crippen molar-refractivity contribution in [2.75, 3.05) is 5.88 Å². The molecule has 102 valence electrons. The van der Waals surface area contributed by atoms with Crippen LogP contribution >= 0.6 is 22.9 Å². The zero-order valence-electron chi connectivity index (χ0n) is 11.3. The van der Waals surface area contributed by atoms with Crippen molar-refractivity contribution in [3.05, 3.63) is 47.0 Å². The van der Waals surface area contributed by atoms with E-state index < -0.39 is 0 Å². The maximum absolute atomic E-state index is 5.72. The first-order chi connectivity index (χ1) is 9.78. The zero-order chi connectivity index (χ0) is 13.9. The number of thiazole rings is 1. The number of aryl methyl sites for hydroxylation is 2. The number of para-hydroxylation sites is 1. The van der Waals surface area contributed by atoms with Crippen LogP contribution in [0.3, 0.4) is 0 Å². The lowest BCUT2D eigenvalue weighted by Gasteiger charge is -2.04. The van der Waals surface area contributed by atoms with Crippen molar-refractivity contribution in [1.82, 2.24) is 9.97 Å². The Morgan fingerprint density at radius 3 is 2.90 bits per heavy atom. The molecule has 3 rings (SSSR count). The highest BCUT2D eigenvalue weighted by atomic mass is 35.5. The van der Waals surface area contributed by atoms with Crippen molar-refractivity contribution in [3.63, 3.8) is 0 Å². The van der Waals surface area contributed by atoms with Gasteiger partial charge in [-0.15, -0.1) is 22.9 Å². The Morgan fingerprint density at radius 2 is 2.05 bits per heavy atom. The van der Waals surface area contributed by atoms with Crippen LogP contribution < -0.4 is 0 Å². The molecular weight excluding hydrogens is 288 g/mol. The summed E-state index contributed by atoms with van der Waals surface area (Å²) in [4.78, 5) is 9.39. The van der Waals surface area contributed by atoms with E-state index in [9.17, 15) is 0 Å². The number of aromatic nitrogens is 2. The summed E-state index contributed by atoms with van der Waals surface area (Å²) >= 11 is 7.38. The molecule has 0 aliphatic rings. The largest absolute Gasteiger partial charge is 0.245 e. The molecule has 4 heteroatoms. The molecule has 0 spiro atoms. The van der Waals surface area contributed by atoms with Crippen LogP contribution in [0.5, 0.6) is 0 Å². The third-order valence-electron chi connectivity index (χ3n) is 3.26. The second kappa shape index (κ2) is 5.90. The summed E-state index contributed by atoms with van der Waals surface area (Å²) < 4.78 is 0. The summed E-state index contributed by atoms with van der Waals surface area (Å²) in [7, 11) is 0. The average molecular weight is 303 g/mol. The van der Waals surface area contributed by atoms with Crippen LogP contribution in [0.4, 0.5) is 0 Å². The van der Waals surface area contributed by atoms with E-state index in [1.165, 1.54) is 10.9 Å². The first-order valence-electron chi connectivity index (χ1n) is 6.65. The number of pyridine rings is 1. The molecule has 0 radical (unpaired) electrons. The third kappa shape index (κ3) is 2.69. The van der Waals surface area contributed by atoms with Crippen LogP contribution in [0.2, 0.25) is 0 Å². The third-order valence-corrected chi connectivity index (χ3v) is 4.44. The van der Waals surface area contributed by atoms with Gasteiger partial charge in [0.25, 0.3) is 0 Å². The summed E-state index contributed by atoms with van der Waals surface area (Å²) in [5.74, 6) is 0.681. The van der Waals surface area contributed by atoms with Crippen molar-refractivity contribution in [3.8, 4) is 10.7 Å². The maximum atomic E-state index is 5.72. The monoisotopic (exact) mass is 302 g/mol. The normalized spacial score (nSPS) is 11.1. The van der Waals surface area contributed by atoms with Crippen LogP contribution in [0.25, 0.3) is 21.6 Å². The molecule has 2 heterocycles. The first-order valence-corrected chi connectivity index (χ1v) is 8.06. The summed E-state index contributed by atoms with van der Waals surface area (Å²) in [6.07, 6.45) is 1.90. The second-order valence-electron chi connectivity index (χ2n) is 4.78. The van der Waals surface area contributed by atoms with Gasteiger partial charge < -0.3 is 0 Å². The highest BCUT2D eigenvalue weighted by Gasteiger charge is 2.08. The molecule has 0 saturated carbocycles. The lowest BCUT2D eigenvalue weighted by Crippen LogP contribution is -1.90. The molecular formula is C16H15ClN2S. The molecule has 3 aromatic rings. The molecule has 0 amide bonds. The summed E-state index contributed by atoms with van der Waals surface area (Å²) in [5, 5.41) is 4.30. The SMILES string of the molecule is Cc1cc(-c2nc(CCCCl)cs2)nc2ccccc12. The molecule has 0 aliphatic carbocycles. The van der Waals surface area contributed by atoms with Gasteiger partial charge in [-0.05, 0) is 37.5 Å². The number of halogens is 1. The van der Waals surface area contributed by atoms with Gasteiger partial charge in [-0.2, -0.15) is 0 Å². The van der Waals surface area contributed by atoms with Gasteiger partial charge in [-0.1, -0.05) is 18.2 Å². The predicted molar refractivity (Wildman–Crippen MR) is 86.6 cm³/mol. The highest BCUT2D eigenvalue weighted by molar-refractivity contribution is 7.13. The van der Waals surface area contributed by atoms with Crippen molar-refractivity contribution < 1.29 is 0 Å². The molecule has 0 unspecified atom stereocenters. The van der Waals surface area contributed by atoms with Gasteiger partial charge >= 0.3 is 0 Å². The molecule has 0 N–H and O–H groups in total.